The van der Waals surface area contributed by atoms with Crippen LogP contribution in [0.25, 0.3) is 11.1 Å². The molecule has 0 aliphatic rings. The Morgan fingerprint density at radius 2 is 2.09 bits per heavy atom. The average molecular weight is 371 g/mol. The Morgan fingerprint density at radius 3 is 2.82 bits per heavy atom. The van der Waals surface area contributed by atoms with E-state index < -0.39 is 0 Å². The van der Waals surface area contributed by atoms with E-state index in [1.54, 1.807) is 0 Å². The van der Waals surface area contributed by atoms with E-state index in [1.807, 2.05) is 18.2 Å². The van der Waals surface area contributed by atoms with Crippen molar-refractivity contribution in [3.8, 4) is 0 Å². The van der Waals surface area contributed by atoms with Gasteiger partial charge in [0.15, 0.2) is 5.58 Å². The van der Waals surface area contributed by atoms with Gasteiger partial charge in [0.05, 0.1) is 3.57 Å². The molecule has 2 aromatic rings. The maximum Gasteiger partial charge on any atom is 0.258 e. The number of fused-ring (bicyclic) bond motifs is 1. The molecule has 2 nitrogen and oxygen atoms in total. The van der Waals surface area contributed by atoms with E-state index in [4.69, 9.17) is 4.42 Å². The molecule has 1 heterocycles. The molecule has 0 aliphatic carbocycles. The normalized spacial score (nSPS) is 10.7. The van der Waals surface area contributed by atoms with E-state index in [0.29, 0.717) is 3.90 Å². The molecule has 2 rings (SSSR count). The third kappa shape index (κ3) is 1.37. The van der Waals surface area contributed by atoms with Gasteiger partial charge in [-0.25, -0.2) is 4.98 Å². The molecule has 0 aliphatic heterocycles. The van der Waals surface area contributed by atoms with Gasteiger partial charge in [0, 0.05) is 22.6 Å². The summed E-state index contributed by atoms with van der Waals surface area (Å²) in [5, 5.41) is 0. The maximum atomic E-state index is 5.37. The lowest BCUT2D eigenvalue weighted by Gasteiger charge is -1.87. The van der Waals surface area contributed by atoms with Gasteiger partial charge in [-0.05, 0) is 34.7 Å². The number of hydrogen-bond acceptors (Lipinski definition) is 2. The van der Waals surface area contributed by atoms with Gasteiger partial charge in [0.1, 0.15) is 5.52 Å². The largest absolute Gasteiger partial charge is 0.431 e. The van der Waals surface area contributed by atoms with Crippen LogP contribution in [0.3, 0.4) is 0 Å². The molecule has 0 N–H and O–H groups in total. The average Bonchev–Trinajstić information content (AvgIpc) is 2.31. The number of halogens is 2. The maximum absolute atomic E-state index is 5.37. The van der Waals surface area contributed by atoms with Crippen LogP contribution in [0.15, 0.2) is 22.6 Å². The Balaban J connectivity index is 2.90. The van der Waals surface area contributed by atoms with Crippen molar-refractivity contribution in [1.29, 1.82) is 0 Å². The second-order valence-electron chi connectivity index (χ2n) is 2.05. The van der Waals surface area contributed by atoms with Crippen molar-refractivity contribution < 1.29 is 4.42 Å². The molecule has 56 valence electrons. The Bertz CT molecular complexity index is 396. The topological polar surface area (TPSA) is 26.0 Å². The van der Waals surface area contributed by atoms with Crippen LogP contribution < -0.4 is 0 Å². The van der Waals surface area contributed by atoms with Crippen molar-refractivity contribution in [1.82, 2.24) is 4.98 Å². The first kappa shape index (κ1) is 7.78. The summed E-state index contributed by atoms with van der Waals surface area (Å²) in [5.74, 6) is 0. The zero-order valence-electron chi connectivity index (χ0n) is 5.34. The smallest absolute Gasteiger partial charge is 0.258 e. The first-order valence-corrected chi connectivity index (χ1v) is 5.13. The SMILES string of the molecule is Ic1nc2cccc(I)c2o1. The molecule has 0 fully saturated rings. The van der Waals surface area contributed by atoms with Crippen LogP contribution in [0.5, 0.6) is 0 Å². The van der Waals surface area contributed by atoms with Gasteiger partial charge in [0.2, 0.25) is 0 Å². The molecule has 0 saturated heterocycles. The van der Waals surface area contributed by atoms with E-state index in [9.17, 15) is 0 Å². The van der Waals surface area contributed by atoms with Gasteiger partial charge in [-0.1, -0.05) is 6.07 Å². The number of nitrogens with zero attached hydrogens (tertiary/aromatic N) is 1. The van der Waals surface area contributed by atoms with E-state index in [-0.39, 0.29) is 0 Å². The number of oxazole rings is 1. The third-order valence-electron chi connectivity index (χ3n) is 1.34. The standard InChI is InChI=1S/C7H3I2NO/c8-4-2-1-3-5-6(4)11-7(9)10-5/h1-3H. The Kier molecular flexibility index (Phi) is 2.04. The zero-order chi connectivity index (χ0) is 7.84. The lowest BCUT2D eigenvalue weighted by Crippen LogP contribution is -1.70. The minimum atomic E-state index is 0.696. The van der Waals surface area contributed by atoms with Crippen LogP contribution in [-0.2, 0) is 0 Å². The van der Waals surface area contributed by atoms with Crippen molar-refractivity contribution >= 4 is 56.3 Å². The minimum absolute atomic E-state index is 0.696. The Labute approximate surface area is 90.7 Å². The molecule has 0 radical (unpaired) electrons. The van der Waals surface area contributed by atoms with Crippen LogP contribution in [0.2, 0.25) is 0 Å². The van der Waals surface area contributed by atoms with Gasteiger partial charge in [-0.3, -0.25) is 0 Å². The molecular formula is C7H3I2NO. The summed E-state index contributed by atoms with van der Waals surface area (Å²) >= 11 is 4.30. The van der Waals surface area contributed by atoms with Gasteiger partial charge >= 0.3 is 0 Å². The highest BCUT2D eigenvalue weighted by Gasteiger charge is 2.04. The predicted molar refractivity (Wildman–Crippen MR) is 59.4 cm³/mol. The van der Waals surface area contributed by atoms with Crippen molar-refractivity contribution in [2.45, 2.75) is 0 Å². The van der Waals surface area contributed by atoms with Crippen LogP contribution in [0.4, 0.5) is 0 Å². The predicted octanol–water partition coefficient (Wildman–Crippen LogP) is 3.04. The highest BCUT2D eigenvalue weighted by molar-refractivity contribution is 14.1. The van der Waals surface area contributed by atoms with Crippen molar-refractivity contribution in [2.24, 2.45) is 0 Å². The third-order valence-corrected chi connectivity index (χ3v) is 2.65. The summed E-state index contributed by atoms with van der Waals surface area (Å²) in [5.41, 5.74) is 1.82. The first-order chi connectivity index (χ1) is 5.27. The summed E-state index contributed by atoms with van der Waals surface area (Å²) in [6.45, 7) is 0. The molecule has 0 bridgehead atoms. The fourth-order valence-corrected chi connectivity index (χ4v) is 1.96. The van der Waals surface area contributed by atoms with Crippen LogP contribution >= 0.6 is 45.2 Å². The van der Waals surface area contributed by atoms with E-state index >= 15 is 0 Å². The van der Waals surface area contributed by atoms with Gasteiger partial charge in [-0.15, -0.1) is 0 Å². The first-order valence-electron chi connectivity index (χ1n) is 2.98. The quantitative estimate of drug-likeness (QED) is 0.666. The number of aromatic nitrogens is 1. The fourth-order valence-electron chi connectivity index (χ4n) is 0.888. The number of rotatable bonds is 0. The molecular weight excluding hydrogens is 368 g/mol. The van der Waals surface area contributed by atoms with Gasteiger partial charge < -0.3 is 4.42 Å². The van der Waals surface area contributed by atoms with Crippen LogP contribution in [0, 0.1) is 7.47 Å². The van der Waals surface area contributed by atoms with E-state index in [1.165, 1.54) is 0 Å². The summed E-state index contributed by atoms with van der Waals surface area (Å²) in [4.78, 5) is 4.19. The molecule has 1 aromatic carbocycles. The number of para-hydroxylation sites is 1. The molecule has 11 heavy (non-hydrogen) atoms. The molecule has 0 unspecified atom stereocenters. The number of benzene rings is 1. The molecule has 0 spiro atoms. The molecule has 4 heteroatoms. The van der Waals surface area contributed by atoms with Gasteiger partial charge in [-0.2, -0.15) is 0 Å². The summed E-state index contributed by atoms with van der Waals surface area (Å²) in [6, 6.07) is 5.93. The zero-order valence-corrected chi connectivity index (χ0v) is 9.66. The van der Waals surface area contributed by atoms with Crippen LogP contribution in [-0.4, -0.2) is 4.98 Å². The Hall–Kier alpha value is 0.150. The van der Waals surface area contributed by atoms with E-state index in [2.05, 4.69) is 50.2 Å². The van der Waals surface area contributed by atoms with Crippen molar-refractivity contribution in [3.05, 3.63) is 25.7 Å². The minimum Gasteiger partial charge on any atom is -0.431 e. The monoisotopic (exact) mass is 371 g/mol. The fraction of sp³-hybridized carbons (Fsp3) is 0. The lowest BCUT2D eigenvalue weighted by atomic mass is 10.3. The van der Waals surface area contributed by atoms with Crippen molar-refractivity contribution in [2.75, 3.05) is 0 Å². The second kappa shape index (κ2) is 2.89. The molecule has 0 amide bonds. The molecule has 0 atom stereocenters. The van der Waals surface area contributed by atoms with Crippen LogP contribution in [0.1, 0.15) is 0 Å². The second-order valence-corrected chi connectivity index (χ2v) is 4.14. The molecule has 0 saturated carbocycles. The van der Waals surface area contributed by atoms with E-state index in [0.717, 1.165) is 14.7 Å². The summed E-state index contributed by atoms with van der Waals surface area (Å²) < 4.78 is 7.17. The molecule has 1 aromatic heterocycles. The number of hydrogen-bond donors (Lipinski definition) is 0. The Morgan fingerprint density at radius 1 is 1.27 bits per heavy atom. The highest BCUT2D eigenvalue weighted by atomic mass is 127. The summed E-state index contributed by atoms with van der Waals surface area (Å²) in [7, 11) is 0. The van der Waals surface area contributed by atoms with Gasteiger partial charge in [0.25, 0.3) is 3.90 Å². The summed E-state index contributed by atoms with van der Waals surface area (Å²) in [6.07, 6.45) is 0. The highest BCUT2D eigenvalue weighted by Crippen LogP contribution is 2.21. The lowest BCUT2D eigenvalue weighted by molar-refractivity contribution is 0.565. The van der Waals surface area contributed by atoms with Crippen molar-refractivity contribution in [3.63, 3.8) is 0 Å².